The van der Waals surface area contributed by atoms with Gasteiger partial charge >= 0.3 is 0 Å². The van der Waals surface area contributed by atoms with Crippen molar-refractivity contribution >= 4 is 0 Å². The lowest BCUT2D eigenvalue weighted by molar-refractivity contribution is -0.156. The van der Waals surface area contributed by atoms with E-state index in [1.54, 1.807) is 6.92 Å². The van der Waals surface area contributed by atoms with Gasteiger partial charge in [0.15, 0.2) is 0 Å². The van der Waals surface area contributed by atoms with E-state index in [2.05, 4.69) is 0 Å². The van der Waals surface area contributed by atoms with E-state index in [-0.39, 0.29) is 11.7 Å². The normalized spacial score (nSPS) is 53.8. The summed E-state index contributed by atoms with van der Waals surface area (Å²) >= 11 is 0. The Morgan fingerprint density at radius 1 is 1.23 bits per heavy atom. The van der Waals surface area contributed by atoms with Gasteiger partial charge in [0.1, 0.15) is 5.60 Å². The molecule has 3 heteroatoms. The molecule has 13 heavy (non-hydrogen) atoms. The fourth-order valence-corrected chi connectivity index (χ4v) is 2.51. The number of rotatable bonds is 0. The molecule has 2 rings (SSSR count). The van der Waals surface area contributed by atoms with E-state index in [0.717, 1.165) is 6.42 Å². The lowest BCUT2D eigenvalue weighted by Gasteiger charge is -2.37. The van der Waals surface area contributed by atoms with Gasteiger partial charge in [0, 0.05) is 0 Å². The van der Waals surface area contributed by atoms with Gasteiger partial charge in [-0.1, -0.05) is 0 Å². The third-order valence-corrected chi connectivity index (χ3v) is 3.76. The van der Waals surface area contributed by atoms with Crippen LogP contribution in [0.1, 0.15) is 33.6 Å². The van der Waals surface area contributed by atoms with Crippen LogP contribution in [0.25, 0.3) is 0 Å². The molecule has 2 aliphatic rings. The maximum Gasteiger partial charge on any atom is 0.114 e. The van der Waals surface area contributed by atoms with Crippen LogP contribution >= 0.6 is 0 Å². The maximum atomic E-state index is 9.99. The van der Waals surface area contributed by atoms with Crippen LogP contribution in [0, 0.1) is 5.92 Å². The Bertz CT molecular complexity index is 222. The summed E-state index contributed by atoms with van der Waals surface area (Å²) in [7, 11) is 0. The minimum Gasteiger partial charge on any atom is -0.390 e. The average molecular weight is 186 g/mol. The van der Waals surface area contributed by atoms with Crippen molar-refractivity contribution in [2.24, 2.45) is 5.92 Å². The number of fused-ring (bicyclic) bond motifs is 2. The highest BCUT2D eigenvalue weighted by atomic mass is 16.5. The second-order valence-electron chi connectivity index (χ2n) is 5.12. The molecular weight excluding hydrogens is 168 g/mol. The molecule has 1 aliphatic heterocycles. The Morgan fingerprint density at radius 2 is 1.85 bits per heavy atom. The second kappa shape index (κ2) is 2.47. The van der Waals surface area contributed by atoms with Gasteiger partial charge in [-0.25, -0.2) is 0 Å². The number of aliphatic hydroxyl groups is 2. The summed E-state index contributed by atoms with van der Waals surface area (Å²) in [5.74, 6) is 0.382. The summed E-state index contributed by atoms with van der Waals surface area (Å²) in [6, 6.07) is 0. The van der Waals surface area contributed by atoms with Gasteiger partial charge in [-0.05, 0) is 39.5 Å². The quantitative estimate of drug-likeness (QED) is 0.585. The van der Waals surface area contributed by atoms with Gasteiger partial charge < -0.3 is 14.9 Å². The van der Waals surface area contributed by atoms with E-state index in [0.29, 0.717) is 12.3 Å². The molecule has 4 atom stereocenters. The van der Waals surface area contributed by atoms with Crippen molar-refractivity contribution in [3.05, 3.63) is 0 Å². The van der Waals surface area contributed by atoms with E-state index in [1.807, 2.05) is 13.8 Å². The Labute approximate surface area is 78.7 Å². The van der Waals surface area contributed by atoms with Crippen LogP contribution in [0.5, 0.6) is 0 Å². The van der Waals surface area contributed by atoms with E-state index >= 15 is 0 Å². The largest absolute Gasteiger partial charge is 0.390 e. The van der Waals surface area contributed by atoms with E-state index < -0.39 is 11.7 Å². The molecule has 0 aromatic rings. The predicted octanol–water partition coefficient (Wildman–Crippen LogP) is 0.686. The molecule has 4 unspecified atom stereocenters. The predicted molar refractivity (Wildman–Crippen MR) is 48.3 cm³/mol. The summed E-state index contributed by atoms with van der Waals surface area (Å²) in [6.45, 7) is 5.73. The lowest BCUT2D eigenvalue weighted by atomic mass is 9.73. The van der Waals surface area contributed by atoms with Gasteiger partial charge in [0.25, 0.3) is 0 Å². The first-order valence-corrected chi connectivity index (χ1v) is 4.92. The average Bonchev–Trinajstić information content (AvgIpc) is 2.23. The molecule has 1 saturated carbocycles. The summed E-state index contributed by atoms with van der Waals surface area (Å²) < 4.78 is 5.75. The fourth-order valence-electron chi connectivity index (χ4n) is 2.51. The minimum atomic E-state index is -1.07. The van der Waals surface area contributed by atoms with Crippen molar-refractivity contribution in [1.82, 2.24) is 0 Å². The third kappa shape index (κ3) is 1.22. The number of hydrogen-bond donors (Lipinski definition) is 2. The van der Waals surface area contributed by atoms with Crippen LogP contribution in [-0.4, -0.2) is 33.6 Å². The van der Waals surface area contributed by atoms with Crippen LogP contribution in [-0.2, 0) is 4.74 Å². The van der Waals surface area contributed by atoms with Gasteiger partial charge in [-0.2, -0.15) is 0 Å². The van der Waals surface area contributed by atoms with Crippen LogP contribution in [0.2, 0.25) is 0 Å². The van der Waals surface area contributed by atoms with Gasteiger partial charge in [-0.15, -0.1) is 0 Å². The molecular formula is C10H18O3. The first-order chi connectivity index (χ1) is 5.84. The van der Waals surface area contributed by atoms with E-state index in [1.165, 1.54) is 0 Å². The van der Waals surface area contributed by atoms with Gasteiger partial charge in [0.2, 0.25) is 0 Å². The summed E-state index contributed by atoms with van der Waals surface area (Å²) in [5, 5.41) is 19.7. The molecule has 2 N–H and O–H groups in total. The van der Waals surface area contributed by atoms with Crippen molar-refractivity contribution < 1.29 is 14.9 Å². The van der Waals surface area contributed by atoms with Crippen LogP contribution < -0.4 is 0 Å². The molecule has 3 nitrogen and oxygen atoms in total. The number of hydrogen-bond acceptors (Lipinski definition) is 3. The van der Waals surface area contributed by atoms with Crippen molar-refractivity contribution in [2.45, 2.75) is 57.0 Å². The van der Waals surface area contributed by atoms with Crippen molar-refractivity contribution in [1.29, 1.82) is 0 Å². The molecule has 0 aromatic heterocycles. The molecule has 1 aliphatic carbocycles. The highest BCUT2D eigenvalue weighted by molar-refractivity contribution is 5.06. The van der Waals surface area contributed by atoms with E-state index in [9.17, 15) is 10.2 Å². The fraction of sp³-hybridized carbons (Fsp3) is 1.00. The van der Waals surface area contributed by atoms with Gasteiger partial charge in [0.05, 0.1) is 17.8 Å². The molecule has 0 aromatic carbocycles. The highest BCUT2D eigenvalue weighted by Gasteiger charge is 2.56. The molecule has 0 spiro atoms. The standard InChI is InChI=1S/C10H18O3/c1-9(2)6-4-7(11)10(3,12)8(5-6)13-9/h6-8,11-12H,4-5H2,1-3H3. The Morgan fingerprint density at radius 3 is 2.46 bits per heavy atom. The molecule has 1 saturated heterocycles. The zero-order valence-electron chi connectivity index (χ0n) is 8.45. The first kappa shape index (κ1) is 9.44. The summed E-state index contributed by atoms with van der Waals surface area (Å²) in [5.41, 5.74) is -1.25. The maximum absolute atomic E-state index is 9.99. The number of ether oxygens (including phenoxy) is 1. The molecule has 0 amide bonds. The zero-order valence-corrected chi connectivity index (χ0v) is 8.45. The SMILES string of the molecule is CC1(C)OC2CC1CC(O)C2(C)O. The Hall–Kier alpha value is -0.120. The Balaban J connectivity index is 2.27. The molecule has 1 heterocycles. The Kier molecular flexibility index (Phi) is 1.79. The minimum absolute atomic E-state index is 0.188. The second-order valence-corrected chi connectivity index (χ2v) is 5.12. The molecule has 2 fully saturated rings. The lowest BCUT2D eigenvalue weighted by Crippen LogP contribution is -2.51. The summed E-state index contributed by atoms with van der Waals surface area (Å²) in [6.07, 6.45) is 0.683. The molecule has 0 radical (unpaired) electrons. The van der Waals surface area contributed by atoms with Crippen molar-refractivity contribution in [2.75, 3.05) is 0 Å². The molecule has 2 bridgehead atoms. The smallest absolute Gasteiger partial charge is 0.114 e. The highest BCUT2D eigenvalue weighted by Crippen LogP contribution is 2.48. The van der Waals surface area contributed by atoms with Crippen molar-refractivity contribution in [3.63, 3.8) is 0 Å². The molecule has 76 valence electrons. The van der Waals surface area contributed by atoms with E-state index in [4.69, 9.17) is 4.74 Å². The third-order valence-electron chi connectivity index (χ3n) is 3.76. The monoisotopic (exact) mass is 186 g/mol. The zero-order chi connectivity index (χ0) is 9.85. The van der Waals surface area contributed by atoms with Crippen molar-refractivity contribution in [3.8, 4) is 0 Å². The van der Waals surface area contributed by atoms with Crippen LogP contribution in [0.4, 0.5) is 0 Å². The summed E-state index contributed by atoms with van der Waals surface area (Å²) in [4.78, 5) is 0. The van der Waals surface area contributed by atoms with Gasteiger partial charge in [-0.3, -0.25) is 0 Å². The first-order valence-electron chi connectivity index (χ1n) is 4.92. The topological polar surface area (TPSA) is 49.7 Å². The van der Waals surface area contributed by atoms with Crippen LogP contribution in [0.15, 0.2) is 0 Å². The number of aliphatic hydroxyl groups excluding tert-OH is 1. The van der Waals surface area contributed by atoms with Crippen LogP contribution in [0.3, 0.4) is 0 Å².